The third-order valence-corrected chi connectivity index (χ3v) is 1.58. The van der Waals surface area contributed by atoms with Crippen molar-refractivity contribution in [2.75, 3.05) is 6.54 Å². The minimum atomic E-state index is -0.474. The molecular weight excluding hydrogens is 220 g/mol. The third kappa shape index (κ3) is 6.25. The number of carbonyl (C=O) groups excluding carboxylic acids is 1. The van der Waals surface area contributed by atoms with E-state index < -0.39 is 11.7 Å². The summed E-state index contributed by atoms with van der Waals surface area (Å²) in [6.45, 7) is 5.90. The summed E-state index contributed by atoms with van der Waals surface area (Å²) in [6.07, 6.45) is 3.12. The molecule has 1 heterocycles. The molecule has 0 aliphatic rings. The molecule has 0 spiro atoms. The summed E-state index contributed by atoms with van der Waals surface area (Å²) in [4.78, 5) is 11.2. The Morgan fingerprint density at radius 3 is 2.94 bits per heavy atom. The second-order valence-electron chi connectivity index (χ2n) is 4.39. The quantitative estimate of drug-likeness (QED) is 0.629. The van der Waals surface area contributed by atoms with E-state index in [-0.39, 0.29) is 0 Å². The van der Waals surface area contributed by atoms with Crippen LogP contribution in [0.15, 0.2) is 17.0 Å². The van der Waals surface area contributed by atoms with Gasteiger partial charge in [-0.15, -0.1) is 0 Å². The first-order valence-corrected chi connectivity index (χ1v) is 5.32. The summed E-state index contributed by atoms with van der Waals surface area (Å²) in [5.74, 6) is 5.73. The largest absolute Gasteiger partial charge is 0.444 e. The van der Waals surface area contributed by atoms with Crippen molar-refractivity contribution < 1.29 is 14.1 Å². The number of rotatable bonds is 2. The molecule has 1 aromatic rings. The van der Waals surface area contributed by atoms with Crippen LogP contribution in [-0.4, -0.2) is 23.4 Å². The molecule has 1 amide bonds. The van der Waals surface area contributed by atoms with Crippen LogP contribution >= 0.6 is 0 Å². The first-order chi connectivity index (χ1) is 7.97. The molecule has 0 aromatic carbocycles. The number of nitrogens with one attached hydrogen (secondary N) is 1. The van der Waals surface area contributed by atoms with Crippen LogP contribution < -0.4 is 5.32 Å². The predicted octanol–water partition coefficient (Wildman–Crippen LogP) is 1.94. The SMILES string of the molecule is CC(C)(C)OC(=O)NCCC#Cc1cnoc1. The molecule has 1 rings (SSSR count). The minimum absolute atomic E-state index is 0.427. The number of hydrogen-bond donors (Lipinski definition) is 1. The van der Waals surface area contributed by atoms with Gasteiger partial charge in [0.2, 0.25) is 0 Å². The molecule has 0 saturated carbocycles. The highest BCUT2D eigenvalue weighted by Crippen LogP contribution is 2.06. The smallest absolute Gasteiger partial charge is 0.407 e. The van der Waals surface area contributed by atoms with Gasteiger partial charge in [0.1, 0.15) is 11.9 Å². The van der Waals surface area contributed by atoms with Gasteiger partial charge in [0, 0.05) is 13.0 Å². The van der Waals surface area contributed by atoms with E-state index in [4.69, 9.17) is 4.74 Å². The maximum atomic E-state index is 11.2. The van der Waals surface area contributed by atoms with Crippen molar-refractivity contribution in [3.05, 3.63) is 18.0 Å². The lowest BCUT2D eigenvalue weighted by Crippen LogP contribution is -2.32. The molecule has 0 aliphatic carbocycles. The molecule has 0 atom stereocenters. The average Bonchev–Trinajstić information content (AvgIpc) is 2.67. The Morgan fingerprint density at radius 2 is 2.35 bits per heavy atom. The van der Waals surface area contributed by atoms with Crippen molar-refractivity contribution in [2.24, 2.45) is 0 Å². The first-order valence-electron chi connectivity index (χ1n) is 5.32. The average molecular weight is 236 g/mol. The molecule has 5 nitrogen and oxygen atoms in total. The van der Waals surface area contributed by atoms with Crippen LogP contribution in [0, 0.1) is 11.8 Å². The number of hydrogen-bond acceptors (Lipinski definition) is 4. The van der Waals surface area contributed by atoms with Crippen LogP contribution in [0.2, 0.25) is 0 Å². The molecule has 0 bridgehead atoms. The molecule has 5 heteroatoms. The maximum Gasteiger partial charge on any atom is 0.407 e. The Morgan fingerprint density at radius 1 is 1.59 bits per heavy atom. The van der Waals surface area contributed by atoms with Gasteiger partial charge in [0.15, 0.2) is 0 Å². The lowest BCUT2D eigenvalue weighted by molar-refractivity contribution is 0.0529. The zero-order chi connectivity index (χ0) is 12.7. The summed E-state index contributed by atoms with van der Waals surface area (Å²) in [7, 11) is 0. The van der Waals surface area contributed by atoms with Gasteiger partial charge in [0.05, 0.1) is 11.8 Å². The number of ether oxygens (including phenoxy) is 1. The molecule has 0 unspecified atom stereocenters. The Bertz CT molecular complexity index is 407. The van der Waals surface area contributed by atoms with Gasteiger partial charge in [-0.05, 0) is 20.8 Å². The molecule has 17 heavy (non-hydrogen) atoms. The van der Waals surface area contributed by atoms with E-state index in [1.165, 1.54) is 12.5 Å². The summed E-state index contributed by atoms with van der Waals surface area (Å²) in [5.41, 5.74) is 0.250. The van der Waals surface area contributed by atoms with E-state index in [9.17, 15) is 4.79 Å². The molecule has 92 valence electrons. The molecule has 0 saturated heterocycles. The first kappa shape index (κ1) is 13.1. The van der Waals surface area contributed by atoms with E-state index in [0.29, 0.717) is 13.0 Å². The summed E-state index contributed by atoms with van der Waals surface area (Å²) in [6, 6.07) is 0. The van der Waals surface area contributed by atoms with E-state index in [2.05, 4.69) is 26.8 Å². The second kappa shape index (κ2) is 5.94. The Kier molecular flexibility index (Phi) is 4.58. The number of aromatic nitrogens is 1. The number of nitrogens with zero attached hydrogens (tertiary/aromatic N) is 1. The van der Waals surface area contributed by atoms with Gasteiger partial charge >= 0.3 is 6.09 Å². The molecule has 0 aliphatic heterocycles. The molecule has 1 aromatic heterocycles. The van der Waals surface area contributed by atoms with E-state index in [0.717, 1.165) is 5.56 Å². The highest BCUT2D eigenvalue weighted by Gasteiger charge is 2.15. The molecular formula is C12H16N2O3. The lowest BCUT2D eigenvalue weighted by atomic mass is 10.2. The van der Waals surface area contributed by atoms with Gasteiger partial charge in [-0.1, -0.05) is 17.0 Å². The standard InChI is InChI=1S/C12H16N2O3/c1-12(2,3)17-11(15)13-7-5-4-6-10-8-14-16-9-10/h8-9H,5,7H2,1-3H3,(H,13,15). The highest BCUT2D eigenvalue weighted by atomic mass is 16.6. The lowest BCUT2D eigenvalue weighted by Gasteiger charge is -2.19. The van der Waals surface area contributed by atoms with Crippen molar-refractivity contribution in [3.63, 3.8) is 0 Å². The van der Waals surface area contributed by atoms with Gasteiger partial charge < -0.3 is 14.6 Å². The maximum absolute atomic E-state index is 11.2. The Balaban J connectivity index is 2.18. The molecule has 0 fully saturated rings. The zero-order valence-electron chi connectivity index (χ0n) is 10.2. The number of amides is 1. The van der Waals surface area contributed by atoms with Gasteiger partial charge in [-0.2, -0.15) is 0 Å². The summed E-state index contributed by atoms with van der Waals surface area (Å²) in [5, 5.41) is 6.14. The number of alkyl carbamates (subject to hydrolysis) is 1. The van der Waals surface area contributed by atoms with Crippen molar-refractivity contribution >= 4 is 6.09 Å². The second-order valence-corrected chi connectivity index (χ2v) is 4.39. The Labute approximate surface area is 101 Å². The summed E-state index contributed by atoms with van der Waals surface area (Å²) >= 11 is 0. The molecule has 1 N–H and O–H groups in total. The van der Waals surface area contributed by atoms with Crippen molar-refractivity contribution in [1.82, 2.24) is 10.5 Å². The van der Waals surface area contributed by atoms with Gasteiger partial charge in [-0.25, -0.2) is 4.79 Å². The normalized spacial score (nSPS) is 10.3. The summed E-state index contributed by atoms with van der Waals surface area (Å²) < 4.78 is 9.69. The minimum Gasteiger partial charge on any atom is -0.444 e. The van der Waals surface area contributed by atoms with Crippen molar-refractivity contribution in [1.29, 1.82) is 0 Å². The van der Waals surface area contributed by atoms with E-state index in [1.54, 1.807) is 0 Å². The number of carbonyl (C=O) groups is 1. The highest BCUT2D eigenvalue weighted by molar-refractivity contribution is 5.67. The zero-order valence-corrected chi connectivity index (χ0v) is 10.2. The van der Waals surface area contributed by atoms with Crippen molar-refractivity contribution in [3.8, 4) is 11.8 Å². The van der Waals surface area contributed by atoms with Crippen LogP contribution in [0.25, 0.3) is 0 Å². The fraction of sp³-hybridized carbons (Fsp3) is 0.500. The van der Waals surface area contributed by atoms with Crippen LogP contribution in [0.1, 0.15) is 32.8 Å². The topological polar surface area (TPSA) is 64.4 Å². The van der Waals surface area contributed by atoms with Crippen LogP contribution in [0.3, 0.4) is 0 Å². The third-order valence-electron chi connectivity index (χ3n) is 1.58. The fourth-order valence-electron chi connectivity index (χ4n) is 0.972. The van der Waals surface area contributed by atoms with Crippen LogP contribution in [0.4, 0.5) is 4.79 Å². The van der Waals surface area contributed by atoms with E-state index in [1.807, 2.05) is 20.8 Å². The van der Waals surface area contributed by atoms with Gasteiger partial charge in [0.25, 0.3) is 0 Å². The monoisotopic (exact) mass is 236 g/mol. The van der Waals surface area contributed by atoms with Gasteiger partial charge in [-0.3, -0.25) is 0 Å². The van der Waals surface area contributed by atoms with Crippen LogP contribution in [0.5, 0.6) is 0 Å². The van der Waals surface area contributed by atoms with E-state index >= 15 is 0 Å². The Hall–Kier alpha value is -1.96. The fourth-order valence-corrected chi connectivity index (χ4v) is 0.972. The van der Waals surface area contributed by atoms with Crippen molar-refractivity contribution in [2.45, 2.75) is 32.8 Å². The predicted molar refractivity (Wildman–Crippen MR) is 62.2 cm³/mol. The van der Waals surface area contributed by atoms with Crippen LogP contribution in [-0.2, 0) is 4.74 Å². The molecule has 0 radical (unpaired) electrons.